The number of aromatic carboxylic acids is 2. The fraction of sp³-hybridized carbons (Fsp3) is 0.480. The third kappa shape index (κ3) is 7.66. The largest absolute Gasteiger partial charge is 0.494 e. The van der Waals surface area contributed by atoms with E-state index in [1.807, 2.05) is 0 Å². The number of carbonyl (C=O) groups is 2. The van der Waals surface area contributed by atoms with Crippen LogP contribution in [0.2, 0.25) is 0 Å². The molecule has 0 aliphatic heterocycles. The zero-order chi connectivity index (χ0) is 24.2. The number of aromatic amines is 1. The van der Waals surface area contributed by atoms with Gasteiger partial charge in [-0.1, -0.05) is 76.8 Å². The lowest BCUT2D eigenvalue weighted by molar-refractivity contribution is 0.0695. The monoisotopic (exact) mass is 458 g/mol. The van der Waals surface area contributed by atoms with Gasteiger partial charge in [-0.05, 0) is 24.1 Å². The Kier molecular flexibility index (Phi) is 10.5. The van der Waals surface area contributed by atoms with Crippen molar-refractivity contribution >= 4 is 17.8 Å². The van der Waals surface area contributed by atoms with Gasteiger partial charge >= 0.3 is 11.9 Å². The van der Waals surface area contributed by atoms with Crippen LogP contribution in [0, 0.1) is 0 Å². The quantitative estimate of drug-likeness (QED) is 0.264. The molecule has 0 bridgehead atoms. The number of anilines is 1. The van der Waals surface area contributed by atoms with Crippen LogP contribution in [0.5, 0.6) is 5.75 Å². The molecule has 180 valence electrons. The zero-order valence-corrected chi connectivity index (χ0v) is 19.2. The minimum Gasteiger partial charge on any atom is -0.494 e. The van der Waals surface area contributed by atoms with Crippen LogP contribution < -0.4 is 16.0 Å². The van der Waals surface area contributed by atoms with Gasteiger partial charge in [0.15, 0.2) is 0 Å². The molecule has 8 nitrogen and oxygen atoms in total. The summed E-state index contributed by atoms with van der Waals surface area (Å²) in [6.07, 6.45) is 12.4. The molecule has 0 saturated heterocycles. The number of carboxylic acid groups (broad SMARTS) is 2. The van der Waals surface area contributed by atoms with Gasteiger partial charge in [-0.25, -0.2) is 9.59 Å². The number of hydrogen-bond donors (Lipinski definition) is 4. The summed E-state index contributed by atoms with van der Waals surface area (Å²) in [5.74, 6) is -2.77. The number of nitrogen functional groups attached to an aromatic ring is 1. The molecular formula is C25H34N2O6. The van der Waals surface area contributed by atoms with Crippen molar-refractivity contribution in [1.82, 2.24) is 4.98 Å². The maximum atomic E-state index is 12.1. The number of aromatic nitrogens is 1. The summed E-state index contributed by atoms with van der Waals surface area (Å²) in [5.41, 5.74) is 3.61. The van der Waals surface area contributed by atoms with Crippen LogP contribution in [0.4, 0.5) is 5.82 Å². The summed E-state index contributed by atoms with van der Waals surface area (Å²) in [6, 6.07) is 6.31. The summed E-state index contributed by atoms with van der Waals surface area (Å²) in [5, 5.41) is 19.0. The van der Waals surface area contributed by atoms with Gasteiger partial charge in [0.25, 0.3) is 5.56 Å². The van der Waals surface area contributed by atoms with Crippen molar-refractivity contribution in [3.05, 3.63) is 45.7 Å². The molecule has 2 aromatic rings. The van der Waals surface area contributed by atoms with Crippen molar-refractivity contribution in [2.24, 2.45) is 0 Å². The number of nitrogens with one attached hydrogen (secondary N) is 1. The third-order valence-electron chi connectivity index (χ3n) is 5.58. The predicted molar refractivity (Wildman–Crippen MR) is 128 cm³/mol. The highest BCUT2D eigenvalue weighted by molar-refractivity contribution is 6.07. The molecular weight excluding hydrogens is 424 g/mol. The van der Waals surface area contributed by atoms with E-state index in [4.69, 9.17) is 10.5 Å². The van der Waals surface area contributed by atoms with Crippen LogP contribution in [-0.2, 0) is 0 Å². The van der Waals surface area contributed by atoms with E-state index in [1.54, 1.807) is 12.1 Å². The van der Waals surface area contributed by atoms with Crippen LogP contribution in [-0.4, -0.2) is 33.7 Å². The summed E-state index contributed by atoms with van der Waals surface area (Å²) >= 11 is 0. The second-order valence-electron chi connectivity index (χ2n) is 8.16. The number of H-pyrrole nitrogens is 1. The first-order valence-corrected chi connectivity index (χ1v) is 11.6. The van der Waals surface area contributed by atoms with Gasteiger partial charge in [0, 0.05) is 5.56 Å². The van der Waals surface area contributed by atoms with E-state index in [2.05, 4.69) is 11.9 Å². The minimum absolute atomic E-state index is 0.225. The first kappa shape index (κ1) is 26.0. The highest BCUT2D eigenvalue weighted by Crippen LogP contribution is 2.30. The molecule has 2 rings (SSSR count). The molecule has 5 N–H and O–H groups in total. The molecule has 0 fully saturated rings. The minimum atomic E-state index is -1.53. The van der Waals surface area contributed by atoms with E-state index in [9.17, 15) is 24.6 Å². The van der Waals surface area contributed by atoms with Gasteiger partial charge in [-0.15, -0.1) is 0 Å². The number of hydrogen-bond acceptors (Lipinski definition) is 5. The zero-order valence-electron chi connectivity index (χ0n) is 19.2. The number of unbranched alkanes of at least 4 members (excludes halogenated alkanes) is 9. The average Bonchev–Trinajstić information content (AvgIpc) is 2.76. The van der Waals surface area contributed by atoms with Crippen molar-refractivity contribution in [3.63, 3.8) is 0 Å². The molecule has 0 aliphatic rings. The number of benzene rings is 1. The SMILES string of the molecule is CCCCCCCCCCCCOc1ccc(-c2c(C(=O)O)c(N)[nH]c(=O)c2C(=O)O)cc1. The van der Waals surface area contributed by atoms with Crippen molar-refractivity contribution in [2.75, 3.05) is 12.3 Å². The second kappa shape index (κ2) is 13.3. The predicted octanol–water partition coefficient (Wildman–Crippen LogP) is 5.32. The normalized spacial score (nSPS) is 10.8. The number of rotatable bonds is 15. The maximum absolute atomic E-state index is 12.1. The Morgan fingerprint density at radius 1 is 0.848 bits per heavy atom. The smallest absolute Gasteiger partial charge is 0.342 e. The Bertz CT molecular complexity index is 982. The molecule has 8 heteroatoms. The Morgan fingerprint density at radius 2 is 1.36 bits per heavy atom. The highest BCUT2D eigenvalue weighted by Gasteiger charge is 2.26. The van der Waals surface area contributed by atoms with Crippen LogP contribution in [0.15, 0.2) is 29.1 Å². The summed E-state index contributed by atoms with van der Waals surface area (Å²) < 4.78 is 5.75. The van der Waals surface area contributed by atoms with E-state index in [1.165, 1.54) is 63.5 Å². The van der Waals surface area contributed by atoms with E-state index in [-0.39, 0.29) is 11.1 Å². The van der Waals surface area contributed by atoms with Gasteiger partial charge in [0.05, 0.1) is 6.61 Å². The lowest BCUT2D eigenvalue weighted by Crippen LogP contribution is -2.24. The molecule has 33 heavy (non-hydrogen) atoms. The molecule has 0 spiro atoms. The Balaban J connectivity index is 1.92. The number of carboxylic acids is 2. The molecule has 0 saturated carbocycles. The average molecular weight is 459 g/mol. The molecule has 0 aliphatic carbocycles. The van der Waals surface area contributed by atoms with Crippen molar-refractivity contribution in [1.29, 1.82) is 0 Å². The summed E-state index contributed by atoms with van der Waals surface area (Å²) in [4.78, 5) is 37.5. The Hall–Kier alpha value is -3.29. The topological polar surface area (TPSA) is 143 Å². The standard InChI is InChI=1S/C25H34N2O6/c1-2-3-4-5-6-7-8-9-10-11-16-33-18-14-12-17(13-15-18)19-20(24(29)30)22(26)27-23(28)21(19)25(31)32/h12-15H,2-11,16H2,1H3,(H,29,30)(H,31,32)(H3,26,27,28). The third-order valence-corrected chi connectivity index (χ3v) is 5.58. The first-order valence-electron chi connectivity index (χ1n) is 11.6. The van der Waals surface area contributed by atoms with Crippen LogP contribution in [0.1, 0.15) is 91.8 Å². The van der Waals surface area contributed by atoms with Gasteiger partial charge < -0.3 is 25.7 Å². The van der Waals surface area contributed by atoms with E-state index < -0.39 is 34.4 Å². The van der Waals surface area contributed by atoms with Crippen molar-refractivity contribution in [2.45, 2.75) is 71.1 Å². The van der Waals surface area contributed by atoms with Crippen molar-refractivity contribution < 1.29 is 24.5 Å². The molecule has 1 heterocycles. The molecule has 1 aromatic heterocycles. The van der Waals surface area contributed by atoms with Crippen LogP contribution in [0.3, 0.4) is 0 Å². The lowest BCUT2D eigenvalue weighted by atomic mass is 9.95. The molecule has 0 amide bonds. The molecule has 1 aromatic carbocycles. The Labute approximate surface area is 193 Å². The number of ether oxygens (including phenoxy) is 1. The van der Waals surface area contributed by atoms with E-state index in [0.29, 0.717) is 12.4 Å². The Morgan fingerprint density at radius 3 is 1.88 bits per heavy atom. The van der Waals surface area contributed by atoms with Crippen LogP contribution in [0.25, 0.3) is 11.1 Å². The molecule has 0 unspecified atom stereocenters. The van der Waals surface area contributed by atoms with Gasteiger partial charge in [0.2, 0.25) is 0 Å². The van der Waals surface area contributed by atoms with Gasteiger partial charge in [-0.3, -0.25) is 4.79 Å². The highest BCUT2D eigenvalue weighted by atomic mass is 16.5. The van der Waals surface area contributed by atoms with E-state index in [0.717, 1.165) is 12.8 Å². The van der Waals surface area contributed by atoms with Gasteiger partial charge in [0.1, 0.15) is 22.7 Å². The van der Waals surface area contributed by atoms with Gasteiger partial charge in [-0.2, -0.15) is 0 Å². The summed E-state index contributed by atoms with van der Waals surface area (Å²) in [6.45, 7) is 2.79. The lowest BCUT2D eigenvalue weighted by Gasteiger charge is -2.13. The first-order chi connectivity index (χ1) is 15.9. The fourth-order valence-electron chi connectivity index (χ4n) is 3.83. The van der Waals surface area contributed by atoms with Crippen molar-refractivity contribution in [3.8, 4) is 16.9 Å². The summed E-state index contributed by atoms with van der Waals surface area (Å²) in [7, 11) is 0. The van der Waals surface area contributed by atoms with E-state index >= 15 is 0 Å². The maximum Gasteiger partial charge on any atom is 0.342 e. The van der Waals surface area contributed by atoms with Crippen LogP contribution >= 0.6 is 0 Å². The second-order valence-corrected chi connectivity index (χ2v) is 8.16. The number of nitrogens with two attached hydrogens (primary N) is 1. The number of pyridine rings is 1. The fourth-order valence-corrected chi connectivity index (χ4v) is 3.83. The molecule has 0 atom stereocenters. The molecule has 0 radical (unpaired) electrons.